The van der Waals surface area contributed by atoms with E-state index in [1.54, 1.807) is 0 Å². The summed E-state index contributed by atoms with van der Waals surface area (Å²) in [5, 5.41) is 7.32. The van der Waals surface area contributed by atoms with Crippen LogP contribution in [0.3, 0.4) is 0 Å². The number of para-hydroxylation sites is 2. The minimum atomic E-state index is 0.564. The third kappa shape index (κ3) is 6.66. The maximum absolute atomic E-state index is 5.88. The summed E-state index contributed by atoms with van der Waals surface area (Å²) in [5.74, 6) is 0. The summed E-state index contributed by atoms with van der Waals surface area (Å²) in [5.41, 5.74) is 8.03. The molecule has 234 valence electrons. The highest BCUT2D eigenvalue weighted by Gasteiger charge is 2.22. The number of ether oxygens (including phenoxy) is 4. The lowest BCUT2D eigenvalue weighted by molar-refractivity contribution is 0.00206. The highest BCUT2D eigenvalue weighted by atomic mass is 16.6. The van der Waals surface area contributed by atoms with Gasteiger partial charge in [0.05, 0.1) is 69.4 Å². The van der Waals surface area contributed by atoms with E-state index in [-0.39, 0.29) is 0 Å². The van der Waals surface area contributed by atoms with Gasteiger partial charge in [-0.05, 0) is 35.9 Å². The molecule has 0 amide bonds. The smallest absolute Gasteiger partial charge is 0.164 e. The molecule has 6 aromatic rings. The van der Waals surface area contributed by atoms with E-state index in [1.807, 2.05) is 35.0 Å². The maximum Gasteiger partial charge on any atom is 0.164 e. The molecule has 0 bridgehead atoms. The van der Waals surface area contributed by atoms with Gasteiger partial charge in [0.1, 0.15) is 5.69 Å². The molecule has 0 aliphatic carbocycles. The molecule has 1 aliphatic heterocycles. The highest BCUT2D eigenvalue weighted by molar-refractivity contribution is 6.13. The first-order valence-corrected chi connectivity index (χ1v) is 16.0. The normalized spacial score (nSPS) is 15.9. The quantitative estimate of drug-likeness (QED) is 0.217. The number of hydrogen-bond acceptors (Lipinski definition) is 7. The van der Waals surface area contributed by atoms with Gasteiger partial charge in [-0.25, -0.2) is 9.67 Å². The summed E-state index contributed by atoms with van der Waals surface area (Å²) < 4.78 is 24.9. The van der Waals surface area contributed by atoms with Crippen LogP contribution in [-0.4, -0.2) is 80.7 Å². The summed E-state index contributed by atoms with van der Waals surface area (Å²) in [7, 11) is 0. The fourth-order valence-corrected chi connectivity index (χ4v) is 5.94. The number of rotatable bonds is 4. The van der Waals surface area contributed by atoms with Gasteiger partial charge in [-0.1, -0.05) is 78.9 Å². The minimum absolute atomic E-state index is 0.564. The van der Waals surface area contributed by atoms with E-state index in [2.05, 4.69) is 83.8 Å². The van der Waals surface area contributed by atoms with Crippen molar-refractivity contribution in [2.24, 2.45) is 0 Å². The van der Waals surface area contributed by atoms with E-state index >= 15 is 0 Å². The van der Waals surface area contributed by atoms with E-state index in [1.165, 1.54) is 0 Å². The molecule has 0 saturated carbocycles. The van der Waals surface area contributed by atoms with Crippen LogP contribution in [0.2, 0.25) is 0 Å². The molecule has 4 aromatic carbocycles. The van der Waals surface area contributed by atoms with Gasteiger partial charge in [0, 0.05) is 35.3 Å². The molecular formula is C38H38N4O4. The minimum Gasteiger partial charge on any atom is -0.377 e. The molecule has 8 heteroatoms. The third-order valence-corrected chi connectivity index (χ3v) is 8.21. The highest BCUT2D eigenvalue weighted by Crippen LogP contribution is 2.41. The van der Waals surface area contributed by atoms with Crippen molar-refractivity contribution in [2.75, 3.05) is 70.8 Å². The van der Waals surface area contributed by atoms with Crippen LogP contribution < -0.4 is 4.90 Å². The lowest BCUT2D eigenvalue weighted by atomic mass is 9.95. The number of benzene rings is 4. The van der Waals surface area contributed by atoms with Crippen LogP contribution in [-0.2, 0) is 18.9 Å². The molecular weight excluding hydrogens is 576 g/mol. The van der Waals surface area contributed by atoms with Crippen molar-refractivity contribution in [2.45, 2.75) is 0 Å². The van der Waals surface area contributed by atoms with E-state index in [0.717, 1.165) is 68.8 Å². The molecule has 46 heavy (non-hydrogen) atoms. The van der Waals surface area contributed by atoms with Crippen molar-refractivity contribution >= 4 is 27.6 Å². The van der Waals surface area contributed by atoms with Crippen LogP contribution in [0.1, 0.15) is 0 Å². The zero-order valence-electron chi connectivity index (χ0n) is 25.9. The van der Waals surface area contributed by atoms with Gasteiger partial charge >= 0.3 is 0 Å². The third-order valence-electron chi connectivity index (χ3n) is 8.21. The number of hydrogen-bond donors (Lipinski definition) is 0. The number of anilines is 1. The lowest BCUT2D eigenvalue weighted by Crippen LogP contribution is -2.31. The molecule has 0 N–H and O–H groups in total. The molecule has 2 aromatic heterocycles. The van der Waals surface area contributed by atoms with Gasteiger partial charge in [0.15, 0.2) is 5.65 Å². The first-order valence-electron chi connectivity index (χ1n) is 16.0. The number of aromatic nitrogens is 3. The predicted octanol–water partition coefficient (Wildman–Crippen LogP) is 6.79. The molecule has 1 fully saturated rings. The van der Waals surface area contributed by atoms with Crippen LogP contribution in [0.4, 0.5) is 5.69 Å². The molecule has 3 heterocycles. The summed E-state index contributed by atoms with van der Waals surface area (Å²) in [6.07, 6.45) is 0. The van der Waals surface area contributed by atoms with Crippen LogP contribution in [0.5, 0.6) is 0 Å². The van der Waals surface area contributed by atoms with E-state index in [4.69, 9.17) is 29.0 Å². The number of fused-ring (bicyclic) bond motifs is 2. The van der Waals surface area contributed by atoms with E-state index < -0.39 is 0 Å². The van der Waals surface area contributed by atoms with Crippen LogP contribution >= 0.6 is 0 Å². The monoisotopic (exact) mass is 614 g/mol. The Morgan fingerprint density at radius 3 is 1.72 bits per heavy atom. The average Bonchev–Trinajstić information content (AvgIpc) is 3.49. The fraction of sp³-hybridized carbons (Fsp3) is 0.263. The first kappa shape index (κ1) is 30.1. The Balaban J connectivity index is 1.30. The van der Waals surface area contributed by atoms with Crippen molar-refractivity contribution in [1.29, 1.82) is 0 Å². The Kier molecular flexibility index (Phi) is 9.59. The second-order valence-electron chi connectivity index (χ2n) is 11.1. The lowest BCUT2D eigenvalue weighted by Gasteiger charge is -2.25. The SMILES string of the molecule is c1ccc(-c2nn(-c3ccccc3)c3nc4ccccc4c(-c4ccc(N5CCOCCOCCOCCOCC5)cc4)c23)cc1. The Hall–Kier alpha value is -4.60. The van der Waals surface area contributed by atoms with Gasteiger partial charge in [-0.3, -0.25) is 0 Å². The zero-order chi connectivity index (χ0) is 31.0. The van der Waals surface area contributed by atoms with Crippen LogP contribution in [0, 0.1) is 0 Å². The van der Waals surface area contributed by atoms with Crippen molar-refractivity contribution in [3.8, 4) is 28.1 Å². The number of pyridine rings is 1. The largest absolute Gasteiger partial charge is 0.377 e. The zero-order valence-corrected chi connectivity index (χ0v) is 25.9. The fourth-order valence-electron chi connectivity index (χ4n) is 5.94. The van der Waals surface area contributed by atoms with Gasteiger partial charge in [0.2, 0.25) is 0 Å². The second-order valence-corrected chi connectivity index (χ2v) is 11.1. The molecule has 1 aliphatic rings. The average molecular weight is 615 g/mol. The molecule has 0 radical (unpaired) electrons. The standard InChI is InChI=1S/C38H38N4O4/c1-3-9-30(10-4-1)37-36-35(33-13-7-8-14-34(33)39-38(36)42(40-37)32-11-5-2-6-12-32)29-15-17-31(18-16-29)41-19-21-43-23-25-45-27-28-46-26-24-44-22-20-41/h1-18H,19-28H2. The topological polar surface area (TPSA) is 70.9 Å². The molecule has 0 atom stereocenters. The van der Waals surface area contributed by atoms with Crippen molar-refractivity contribution in [1.82, 2.24) is 14.8 Å². The van der Waals surface area contributed by atoms with Gasteiger partial charge in [-0.15, -0.1) is 0 Å². The predicted molar refractivity (Wildman–Crippen MR) is 183 cm³/mol. The number of nitrogens with zero attached hydrogens (tertiary/aromatic N) is 4. The van der Waals surface area contributed by atoms with Crippen molar-refractivity contribution in [3.05, 3.63) is 109 Å². The molecule has 1 saturated heterocycles. The van der Waals surface area contributed by atoms with Crippen LogP contribution in [0.15, 0.2) is 109 Å². The van der Waals surface area contributed by atoms with Gasteiger partial charge in [0.25, 0.3) is 0 Å². The van der Waals surface area contributed by atoms with Crippen molar-refractivity contribution < 1.29 is 18.9 Å². The van der Waals surface area contributed by atoms with E-state index in [9.17, 15) is 0 Å². The Bertz CT molecular complexity index is 1840. The summed E-state index contributed by atoms with van der Waals surface area (Å²) >= 11 is 0. The van der Waals surface area contributed by atoms with Gasteiger partial charge < -0.3 is 23.8 Å². The molecule has 0 unspecified atom stereocenters. The summed E-state index contributed by atoms with van der Waals surface area (Å²) in [6.45, 7) is 6.12. The van der Waals surface area contributed by atoms with E-state index in [0.29, 0.717) is 52.9 Å². The van der Waals surface area contributed by atoms with Gasteiger partial charge in [-0.2, -0.15) is 5.10 Å². The molecule has 0 spiro atoms. The Morgan fingerprint density at radius 1 is 0.500 bits per heavy atom. The van der Waals surface area contributed by atoms with Crippen molar-refractivity contribution in [3.63, 3.8) is 0 Å². The second kappa shape index (κ2) is 14.7. The Morgan fingerprint density at radius 2 is 1.07 bits per heavy atom. The molecule has 8 nitrogen and oxygen atoms in total. The summed E-state index contributed by atoms with van der Waals surface area (Å²) in [6, 6.07) is 37.8. The maximum atomic E-state index is 5.88. The summed E-state index contributed by atoms with van der Waals surface area (Å²) in [4.78, 5) is 7.51. The first-order chi connectivity index (χ1) is 22.9. The van der Waals surface area contributed by atoms with Crippen LogP contribution in [0.25, 0.3) is 50.0 Å². The Labute approximate surface area is 269 Å². The molecule has 7 rings (SSSR count).